The van der Waals surface area contributed by atoms with Crippen LogP contribution in [-0.4, -0.2) is 10.9 Å². The zero-order valence-corrected chi connectivity index (χ0v) is 11.1. The number of anilines is 1. The molecular formula is C12H12ClN3OS. The molecule has 0 unspecified atom stereocenters. The summed E-state index contributed by atoms with van der Waals surface area (Å²) in [6, 6.07) is 5.93. The maximum Gasteiger partial charge on any atom is 0.228 e. The molecule has 0 radical (unpaired) electrons. The average Bonchev–Trinajstić information content (AvgIpc) is 2.92. The minimum atomic E-state index is 0. The van der Waals surface area contributed by atoms with Gasteiger partial charge in [-0.15, -0.1) is 23.7 Å². The first-order chi connectivity index (χ1) is 8.26. The molecule has 1 aromatic carbocycles. The van der Waals surface area contributed by atoms with Crippen molar-refractivity contribution in [2.24, 2.45) is 5.73 Å². The van der Waals surface area contributed by atoms with Crippen molar-refractivity contribution in [3.8, 4) is 10.6 Å². The van der Waals surface area contributed by atoms with E-state index in [0.717, 1.165) is 26.7 Å². The Labute approximate surface area is 115 Å². The molecule has 1 amide bonds. The Morgan fingerprint density at radius 1 is 1.44 bits per heavy atom. The monoisotopic (exact) mass is 281 g/mol. The third kappa shape index (κ3) is 2.25. The van der Waals surface area contributed by atoms with Gasteiger partial charge in [-0.2, -0.15) is 0 Å². The lowest BCUT2D eigenvalue weighted by atomic mass is 10.1. The van der Waals surface area contributed by atoms with E-state index in [9.17, 15) is 4.79 Å². The highest BCUT2D eigenvalue weighted by Crippen LogP contribution is 2.31. The van der Waals surface area contributed by atoms with Gasteiger partial charge in [-0.25, -0.2) is 4.98 Å². The highest BCUT2D eigenvalue weighted by Gasteiger charge is 2.18. The van der Waals surface area contributed by atoms with Crippen LogP contribution in [-0.2, 0) is 17.8 Å². The number of amides is 1. The van der Waals surface area contributed by atoms with Gasteiger partial charge in [0.15, 0.2) is 0 Å². The van der Waals surface area contributed by atoms with Crippen LogP contribution in [0.4, 0.5) is 5.69 Å². The lowest BCUT2D eigenvalue weighted by molar-refractivity contribution is -0.115. The molecule has 0 aliphatic carbocycles. The first kappa shape index (κ1) is 13.0. The zero-order valence-electron chi connectivity index (χ0n) is 9.47. The highest BCUT2D eigenvalue weighted by molar-refractivity contribution is 7.15. The smallest absolute Gasteiger partial charge is 0.228 e. The van der Waals surface area contributed by atoms with Gasteiger partial charge in [-0.1, -0.05) is 0 Å². The molecule has 0 atom stereocenters. The average molecular weight is 282 g/mol. The molecule has 0 spiro atoms. The van der Waals surface area contributed by atoms with E-state index < -0.39 is 0 Å². The van der Waals surface area contributed by atoms with Gasteiger partial charge in [0.25, 0.3) is 0 Å². The van der Waals surface area contributed by atoms with Gasteiger partial charge in [0.05, 0.1) is 6.42 Å². The number of carbonyl (C=O) groups excluding carboxylic acids is 1. The van der Waals surface area contributed by atoms with Gasteiger partial charge in [-0.05, 0) is 23.8 Å². The van der Waals surface area contributed by atoms with E-state index in [0.29, 0.717) is 13.0 Å². The first-order valence-corrected chi connectivity index (χ1v) is 6.16. The van der Waals surface area contributed by atoms with Crippen LogP contribution in [0.1, 0.15) is 10.4 Å². The zero-order chi connectivity index (χ0) is 11.8. The third-order valence-corrected chi connectivity index (χ3v) is 3.80. The second-order valence-electron chi connectivity index (χ2n) is 3.93. The van der Waals surface area contributed by atoms with E-state index in [1.165, 1.54) is 0 Å². The molecule has 1 aromatic heterocycles. The number of nitrogens with one attached hydrogen (secondary N) is 1. The highest BCUT2D eigenvalue weighted by atomic mass is 35.5. The summed E-state index contributed by atoms with van der Waals surface area (Å²) in [5, 5.41) is 3.77. The largest absolute Gasteiger partial charge is 0.326 e. The Morgan fingerprint density at radius 2 is 2.28 bits per heavy atom. The van der Waals surface area contributed by atoms with Crippen LogP contribution in [0, 0.1) is 0 Å². The summed E-state index contributed by atoms with van der Waals surface area (Å²) < 4.78 is 0. The van der Waals surface area contributed by atoms with Crippen LogP contribution in [0.5, 0.6) is 0 Å². The molecule has 0 saturated heterocycles. The summed E-state index contributed by atoms with van der Waals surface area (Å²) in [6.45, 7) is 0.517. The van der Waals surface area contributed by atoms with Gasteiger partial charge in [0.1, 0.15) is 5.01 Å². The molecule has 2 aromatic rings. The predicted octanol–water partition coefficient (Wildman–Crippen LogP) is 2.19. The SMILES string of the molecule is Cl.NCc1cnc(-c2ccc3c(c2)CC(=O)N3)s1. The summed E-state index contributed by atoms with van der Waals surface area (Å²) in [7, 11) is 0. The van der Waals surface area contributed by atoms with Crippen molar-refractivity contribution in [3.63, 3.8) is 0 Å². The minimum Gasteiger partial charge on any atom is -0.326 e. The van der Waals surface area contributed by atoms with Crippen LogP contribution in [0.3, 0.4) is 0 Å². The predicted molar refractivity (Wildman–Crippen MR) is 75.0 cm³/mol. The van der Waals surface area contributed by atoms with E-state index in [4.69, 9.17) is 5.73 Å². The molecule has 94 valence electrons. The molecule has 2 heterocycles. The number of fused-ring (bicyclic) bond motifs is 1. The summed E-state index contributed by atoms with van der Waals surface area (Å²) >= 11 is 1.59. The van der Waals surface area contributed by atoms with Gasteiger partial charge >= 0.3 is 0 Å². The topological polar surface area (TPSA) is 68.0 Å². The second-order valence-corrected chi connectivity index (χ2v) is 5.05. The molecule has 4 nitrogen and oxygen atoms in total. The van der Waals surface area contributed by atoms with Crippen molar-refractivity contribution in [2.45, 2.75) is 13.0 Å². The molecule has 1 aliphatic rings. The van der Waals surface area contributed by atoms with E-state index in [1.807, 2.05) is 18.2 Å². The van der Waals surface area contributed by atoms with Gasteiger partial charge in [0.2, 0.25) is 5.91 Å². The summed E-state index contributed by atoms with van der Waals surface area (Å²) in [5.74, 6) is 0.0546. The summed E-state index contributed by atoms with van der Waals surface area (Å²) in [4.78, 5) is 16.7. The normalized spacial score (nSPS) is 12.8. The Kier molecular flexibility index (Phi) is 3.65. The van der Waals surface area contributed by atoms with Crippen LogP contribution in [0.15, 0.2) is 24.4 Å². The van der Waals surface area contributed by atoms with Gasteiger partial charge < -0.3 is 11.1 Å². The van der Waals surface area contributed by atoms with Crippen LogP contribution in [0.25, 0.3) is 10.6 Å². The fraction of sp³-hybridized carbons (Fsp3) is 0.167. The van der Waals surface area contributed by atoms with Gasteiger partial charge in [-0.3, -0.25) is 4.79 Å². The third-order valence-electron chi connectivity index (χ3n) is 2.73. The van der Waals surface area contributed by atoms with Gasteiger partial charge in [0, 0.05) is 28.9 Å². The van der Waals surface area contributed by atoms with E-state index >= 15 is 0 Å². The van der Waals surface area contributed by atoms with Crippen LogP contribution >= 0.6 is 23.7 Å². The van der Waals surface area contributed by atoms with E-state index in [2.05, 4.69) is 10.3 Å². The number of carbonyl (C=O) groups is 1. The number of benzene rings is 1. The Balaban J connectivity index is 0.00000120. The van der Waals surface area contributed by atoms with Crippen molar-refractivity contribution < 1.29 is 4.79 Å². The van der Waals surface area contributed by atoms with Crippen molar-refractivity contribution >= 4 is 35.3 Å². The molecule has 6 heteroatoms. The first-order valence-electron chi connectivity index (χ1n) is 5.34. The number of halogens is 1. The molecule has 3 rings (SSSR count). The second kappa shape index (κ2) is 5.06. The van der Waals surface area contributed by atoms with E-state index in [-0.39, 0.29) is 18.3 Å². The number of hydrogen-bond donors (Lipinski definition) is 2. The molecular weight excluding hydrogens is 270 g/mol. The van der Waals surface area contributed by atoms with Crippen molar-refractivity contribution in [3.05, 3.63) is 34.8 Å². The minimum absolute atomic E-state index is 0. The Hall–Kier alpha value is -1.43. The van der Waals surface area contributed by atoms with Crippen LogP contribution < -0.4 is 11.1 Å². The number of aromatic nitrogens is 1. The number of nitrogens with zero attached hydrogens (tertiary/aromatic N) is 1. The molecule has 0 fully saturated rings. The molecule has 0 saturated carbocycles. The number of thiazole rings is 1. The van der Waals surface area contributed by atoms with Crippen molar-refractivity contribution in [1.29, 1.82) is 0 Å². The number of hydrogen-bond acceptors (Lipinski definition) is 4. The molecule has 18 heavy (non-hydrogen) atoms. The molecule has 1 aliphatic heterocycles. The number of nitrogens with two attached hydrogens (primary N) is 1. The summed E-state index contributed by atoms with van der Waals surface area (Å²) in [6.07, 6.45) is 2.26. The Bertz CT molecular complexity index is 597. The lowest BCUT2D eigenvalue weighted by Gasteiger charge is -2.00. The van der Waals surface area contributed by atoms with Crippen molar-refractivity contribution in [2.75, 3.05) is 5.32 Å². The lowest BCUT2D eigenvalue weighted by Crippen LogP contribution is -2.03. The molecule has 3 N–H and O–H groups in total. The fourth-order valence-corrected chi connectivity index (χ4v) is 2.68. The maximum atomic E-state index is 11.3. The fourth-order valence-electron chi connectivity index (χ4n) is 1.90. The Morgan fingerprint density at radius 3 is 3.00 bits per heavy atom. The summed E-state index contributed by atoms with van der Waals surface area (Å²) in [5.41, 5.74) is 8.56. The molecule has 0 bridgehead atoms. The maximum absolute atomic E-state index is 11.3. The quantitative estimate of drug-likeness (QED) is 0.887. The number of rotatable bonds is 2. The van der Waals surface area contributed by atoms with Crippen molar-refractivity contribution in [1.82, 2.24) is 4.98 Å². The standard InChI is InChI=1S/C12H11N3OS.ClH/c13-5-9-6-14-12(17-9)7-1-2-10-8(3-7)4-11(16)15-10;/h1-3,6H,4-5,13H2,(H,15,16);1H. The van der Waals surface area contributed by atoms with Crippen LogP contribution in [0.2, 0.25) is 0 Å². The van der Waals surface area contributed by atoms with E-state index in [1.54, 1.807) is 17.5 Å².